The van der Waals surface area contributed by atoms with Crippen LogP contribution in [0.4, 0.5) is 5.69 Å². The lowest BCUT2D eigenvalue weighted by atomic mass is 10.1. The smallest absolute Gasteiger partial charge is 0.269 e. The standard InChI is InChI=1S/C13H18N2O5S/c16-13-6-3-11(7-13)8-14-21(19,20)9-10-1-4-12(5-2-10)15(17)18/h1-2,4-5,11,13-14,16H,3,6-9H2. The van der Waals surface area contributed by atoms with E-state index >= 15 is 0 Å². The van der Waals surface area contributed by atoms with E-state index in [0.29, 0.717) is 18.5 Å². The molecule has 0 aromatic heterocycles. The third kappa shape index (κ3) is 4.76. The predicted octanol–water partition coefficient (Wildman–Crippen LogP) is 1.18. The molecular formula is C13H18N2O5S. The van der Waals surface area contributed by atoms with Gasteiger partial charge in [-0.2, -0.15) is 0 Å². The van der Waals surface area contributed by atoms with Crippen LogP contribution < -0.4 is 4.72 Å². The number of rotatable bonds is 6. The van der Waals surface area contributed by atoms with Crippen molar-refractivity contribution in [2.75, 3.05) is 6.54 Å². The zero-order valence-corrected chi connectivity index (χ0v) is 12.3. The Labute approximate surface area is 123 Å². The van der Waals surface area contributed by atoms with Crippen LogP contribution in [0, 0.1) is 16.0 Å². The number of hydrogen-bond acceptors (Lipinski definition) is 5. The summed E-state index contributed by atoms with van der Waals surface area (Å²) in [6.07, 6.45) is 1.84. The maximum atomic E-state index is 11.9. The molecule has 1 aliphatic carbocycles. The first kappa shape index (κ1) is 15.9. The molecule has 0 bridgehead atoms. The summed E-state index contributed by atoms with van der Waals surface area (Å²) in [5.74, 6) is -0.0353. The molecule has 0 spiro atoms. The number of hydrogen-bond donors (Lipinski definition) is 2. The van der Waals surface area contributed by atoms with Crippen molar-refractivity contribution in [3.63, 3.8) is 0 Å². The highest BCUT2D eigenvalue weighted by atomic mass is 32.2. The van der Waals surface area contributed by atoms with Crippen LogP contribution in [0.1, 0.15) is 24.8 Å². The fourth-order valence-corrected chi connectivity index (χ4v) is 3.69. The third-order valence-corrected chi connectivity index (χ3v) is 4.93. The summed E-state index contributed by atoms with van der Waals surface area (Å²) in [5.41, 5.74) is 0.434. The third-order valence-electron chi connectivity index (χ3n) is 3.61. The number of non-ortho nitro benzene ring substituents is 1. The van der Waals surface area contributed by atoms with Crippen LogP contribution in [-0.2, 0) is 15.8 Å². The molecule has 2 N–H and O–H groups in total. The highest BCUT2D eigenvalue weighted by Gasteiger charge is 2.24. The number of nitrogens with one attached hydrogen (secondary N) is 1. The van der Waals surface area contributed by atoms with Crippen molar-refractivity contribution in [1.82, 2.24) is 4.72 Å². The number of sulfonamides is 1. The van der Waals surface area contributed by atoms with Gasteiger partial charge < -0.3 is 5.11 Å². The Hall–Kier alpha value is -1.51. The molecule has 1 fully saturated rings. The number of nitro benzene ring substituents is 1. The normalized spacial score (nSPS) is 22.3. The quantitative estimate of drug-likeness (QED) is 0.605. The molecule has 0 heterocycles. The first-order valence-corrected chi connectivity index (χ1v) is 8.40. The van der Waals surface area contributed by atoms with Gasteiger partial charge >= 0.3 is 0 Å². The van der Waals surface area contributed by atoms with Gasteiger partial charge in [-0.25, -0.2) is 13.1 Å². The fourth-order valence-electron chi connectivity index (χ4n) is 2.46. The molecule has 1 aromatic rings. The first-order chi connectivity index (χ1) is 9.85. The molecule has 0 aliphatic heterocycles. The van der Waals surface area contributed by atoms with E-state index in [1.165, 1.54) is 24.3 Å². The van der Waals surface area contributed by atoms with Crippen molar-refractivity contribution in [2.45, 2.75) is 31.1 Å². The number of aliphatic hydroxyl groups excluding tert-OH is 1. The Morgan fingerprint density at radius 1 is 1.29 bits per heavy atom. The molecule has 1 saturated carbocycles. The van der Waals surface area contributed by atoms with Crippen LogP contribution in [0.3, 0.4) is 0 Å². The van der Waals surface area contributed by atoms with Crippen molar-refractivity contribution < 1.29 is 18.4 Å². The topological polar surface area (TPSA) is 110 Å². The van der Waals surface area contributed by atoms with E-state index in [9.17, 15) is 23.6 Å². The van der Waals surface area contributed by atoms with Gasteiger partial charge in [0.15, 0.2) is 0 Å². The summed E-state index contributed by atoms with van der Waals surface area (Å²) in [6.45, 7) is 0.326. The summed E-state index contributed by atoms with van der Waals surface area (Å²) < 4.78 is 26.4. The van der Waals surface area contributed by atoms with Gasteiger partial charge in [-0.15, -0.1) is 0 Å². The van der Waals surface area contributed by atoms with E-state index in [1.54, 1.807) is 0 Å². The van der Waals surface area contributed by atoms with Crippen LogP contribution in [0.15, 0.2) is 24.3 Å². The highest BCUT2D eigenvalue weighted by molar-refractivity contribution is 7.88. The largest absolute Gasteiger partial charge is 0.393 e. The Kier molecular flexibility index (Phi) is 4.92. The molecule has 21 heavy (non-hydrogen) atoms. The predicted molar refractivity (Wildman–Crippen MR) is 77.1 cm³/mol. The van der Waals surface area contributed by atoms with Crippen LogP contribution in [0.5, 0.6) is 0 Å². The lowest BCUT2D eigenvalue weighted by molar-refractivity contribution is -0.384. The molecule has 7 nitrogen and oxygen atoms in total. The first-order valence-electron chi connectivity index (χ1n) is 6.74. The molecule has 1 aliphatic rings. The molecule has 2 atom stereocenters. The van der Waals surface area contributed by atoms with Crippen molar-refractivity contribution >= 4 is 15.7 Å². The minimum absolute atomic E-state index is 0.0657. The van der Waals surface area contributed by atoms with Gasteiger partial charge in [0.05, 0.1) is 16.8 Å². The van der Waals surface area contributed by atoms with E-state index < -0.39 is 14.9 Å². The van der Waals surface area contributed by atoms with Crippen LogP contribution >= 0.6 is 0 Å². The molecular weight excluding hydrogens is 296 g/mol. The number of aliphatic hydroxyl groups is 1. The average Bonchev–Trinajstić information content (AvgIpc) is 2.83. The van der Waals surface area contributed by atoms with Crippen molar-refractivity contribution in [3.05, 3.63) is 39.9 Å². The summed E-state index contributed by atoms with van der Waals surface area (Å²) in [4.78, 5) is 10.0. The molecule has 0 saturated heterocycles. The Morgan fingerprint density at radius 2 is 1.95 bits per heavy atom. The molecule has 8 heteroatoms. The fraction of sp³-hybridized carbons (Fsp3) is 0.538. The minimum Gasteiger partial charge on any atom is -0.393 e. The van der Waals surface area contributed by atoms with Crippen LogP contribution in [-0.4, -0.2) is 31.1 Å². The zero-order chi connectivity index (χ0) is 15.5. The summed E-state index contributed by atoms with van der Waals surface area (Å²) in [7, 11) is -3.47. The molecule has 2 rings (SSSR count). The zero-order valence-electron chi connectivity index (χ0n) is 11.4. The monoisotopic (exact) mass is 314 g/mol. The SMILES string of the molecule is O=[N+]([O-])c1ccc(CS(=O)(=O)NCC2CCC(O)C2)cc1. The lowest BCUT2D eigenvalue weighted by Gasteiger charge is -2.11. The van der Waals surface area contributed by atoms with Crippen molar-refractivity contribution in [1.29, 1.82) is 0 Å². The molecule has 0 radical (unpaired) electrons. The second kappa shape index (κ2) is 6.50. The molecule has 0 amide bonds. The van der Waals surface area contributed by atoms with Gasteiger partial charge in [-0.05, 0) is 30.7 Å². The highest BCUT2D eigenvalue weighted by Crippen LogP contribution is 2.24. The Balaban J connectivity index is 1.89. The van der Waals surface area contributed by atoms with Gasteiger partial charge in [-0.3, -0.25) is 10.1 Å². The average molecular weight is 314 g/mol. The second-order valence-corrected chi connectivity index (χ2v) is 7.17. The van der Waals surface area contributed by atoms with Gasteiger partial charge in [0.1, 0.15) is 0 Å². The number of nitrogens with zero attached hydrogens (tertiary/aromatic N) is 1. The van der Waals surface area contributed by atoms with Crippen molar-refractivity contribution in [3.8, 4) is 0 Å². The van der Waals surface area contributed by atoms with Crippen LogP contribution in [0.2, 0.25) is 0 Å². The Morgan fingerprint density at radius 3 is 2.48 bits per heavy atom. The van der Waals surface area contributed by atoms with E-state index in [-0.39, 0.29) is 23.5 Å². The van der Waals surface area contributed by atoms with E-state index in [2.05, 4.69) is 4.72 Å². The minimum atomic E-state index is -3.47. The summed E-state index contributed by atoms with van der Waals surface area (Å²) in [6, 6.07) is 5.46. The van der Waals surface area contributed by atoms with Crippen molar-refractivity contribution in [2.24, 2.45) is 5.92 Å². The molecule has 116 valence electrons. The van der Waals surface area contributed by atoms with E-state index in [4.69, 9.17) is 0 Å². The number of nitro groups is 1. The van der Waals surface area contributed by atoms with Gasteiger partial charge in [0.2, 0.25) is 10.0 Å². The summed E-state index contributed by atoms with van der Waals surface area (Å²) >= 11 is 0. The summed E-state index contributed by atoms with van der Waals surface area (Å²) in [5, 5.41) is 19.9. The van der Waals surface area contributed by atoms with E-state index in [1.807, 2.05) is 0 Å². The molecule has 2 unspecified atom stereocenters. The second-order valence-electron chi connectivity index (χ2n) is 5.36. The lowest BCUT2D eigenvalue weighted by Crippen LogP contribution is -2.29. The van der Waals surface area contributed by atoms with Gasteiger partial charge in [0, 0.05) is 18.7 Å². The van der Waals surface area contributed by atoms with Crippen LogP contribution in [0.25, 0.3) is 0 Å². The Bertz CT molecular complexity index is 599. The maximum Gasteiger partial charge on any atom is 0.269 e. The maximum absolute atomic E-state index is 11.9. The molecule has 1 aromatic carbocycles. The number of benzene rings is 1. The van der Waals surface area contributed by atoms with E-state index in [0.717, 1.165) is 12.8 Å². The van der Waals surface area contributed by atoms with Gasteiger partial charge in [-0.1, -0.05) is 12.1 Å². The van der Waals surface area contributed by atoms with Gasteiger partial charge in [0.25, 0.3) is 5.69 Å².